The van der Waals surface area contributed by atoms with Crippen molar-refractivity contribution in [3.63, 3.8) is 0 Å². The highest BCUT2D eigenvalue weighted by Gasteiger charge is 2.33. The minimum absolute atomic E-state index is 0.176. The Balaban J connectivity index is 2.08. The lowest BCUT2D eigenvalue weighted by Crippen LogP contribution is -2.22. The highest BCUT2D eigenvalue weighted by Crippen LogP contribution is 2.31. The van der Waals surface area contributed by atoms with Gasteiger partial charge in [-0.3, -0.25) is 14.1 Å². The molecule has 0 saturated carbocycles. The van der Waals surface area contributed by atoms with E-state index in [0.717, 1.165) is 11.8 Å². The molecule has 2 heterocycles. The van der Waals surface area contributed by atoms with E-state index in [1.54, 1.807) is 6.20 Å². The van der Waals surface area contributed by atoms with Crippen LogP contribution in [0.15, 0.2) is 24.5 Å². The summed E-state index contributed by atoms with van der Waals surface area (Å²) < 4.78 is 27.2. The molecule has 0 bridgehead atoms. The van der Waals surface area contributed by atoms with E-state index in [2.05, 4.69) is 9.88 Å². The molecule has 1 aromatic rings. The first kappa shape index (κ1) is 12.5. The van der Waals surface area contributed by atoms with E-state index in [1.165, 1.54) is 0 Å². The van der Waals surface area contributed by atoms with Gasteiger partial charge >= 0.3 is 0 Å². The van der Waals surface area contributed by atoms with Crippen molar-refractivity contribution in [3.8, 4) is 0 Å². The summed E-state index contributed by atoms with van der Waals surface area (Å²) in [5.41, 5.74) is 1.09. The highest BCUT2D eigenvalue weighted by molar-refractivity contribution is 7.86. The summed E-state index contributed by atoms with van der Waals surface area (Å²) in [4.78, 5) is 6.17. The largest absolute Gasteiger partial charge is 0.297 e. The van der Waals surface area contributed by atoms with Gasteiger partial charge in [0, 0.05) is 25.0 Å². The fourth-order valence-corrected chi connectivity index (χ4v) is 2.87. The molecule has 0 N–H and O–H groups in total. The summed E-state index contributed by atoms with van der Waals surface area (Å²) in [5.74, 6) is 0. The van der Waals surface area contributed by atoms with Gasteiger partial charge < -0.3 is 0 Å². The second kappa shape index (κ2) is 4.72. The quantitative estimate of drug-likeness (QED) is 0.749. The monoisotopic (exact) mass is 256 g/mol. The van der Waals surface area contributed by atoms with Gasteiger partial charge in [-0.2, -0.15) is 8.42 Å². The number of nitrogens with zero attached hydrogens (tertiary/aromatic N) is 2. The normalized spacial score (nSPS) is 26.2. The van der Waals surface area contributed by atoms with Crippen molar-refractivity contribution < 1.29 is 12.6 Å². The third-order valence-electron chi connectivity index (χ3n) is 2.89. The molecule has 0 aliphatic carbocycles. The maximum Gasteiger partial charge on any atom is 0.264 e. The fourth-order valence-electron chi connectivity index (χ4n) is 2.23. The van der Waals surface area contributed by atoms with Gasteiger partial charge in [0.1, 0.15) is 0 Å². The van der Waals surface area contributed by atoms with Gasteiger partial charge in [0.05, 0.1) is 12.4 Å². The molecule has 1 aliphatic heterocycles. The molecule has 1 unspecified atom stereocenters. The summed E-state index contributed by atoms with van der Waals surface area (Å²) in [5, 5.41) is 0. The Kier molecular flexibility index (Phi) is 3.46. The Morgan fingerprint density at radius 2 is 2.29 bits per heavy atom. The van der Waals surface area contributed by atoms with E-state index < -0.39 is 10.1 Å². The molecule has 2 atom stereocenters. The summed E-state index contributed by atoms with van der Waals surface area (Å²) in [6.45, 7) is 0.618. The Morgan fingerprint density at radius 1 is 1.53 bits per heavy atom. The van der Waals surface area contributed by atoms with Crippen molar-refractivity contribution in [3.05, 3.63) is 30.1 Å². The molecule has 5 nitrogen and oxygen atoms in total. The molecular weight excluding hydrogens is 240 g/mol. The molecule has 17 heavy (non-hydrogen) atoms. The van der Waals surface area contributed by atoms with Crippen LogP contribution in [0.1, 0.15) is 18.0 Å². The van der Waals surface area contributed by atoms with E-state index in [9.17, 15) is 8.42 Å². The first-order valence-corrected chi connectivity index (χ1v) is 7.26. The van der Waals surface area contributed by atoms with Crippen molar-refractivity contribution in [2.45, 2.75) is 18.6 Å². The molecule has 1 fully saturated rings. The van der Waals surface area contributed by atoms with Crippen molar-refractivity contribution in [1.29, 1.82) is 0 Å². The highest BCUT2D eigenvalue weighted by atomic mass is 32.2. The van der Waals surface area contributed by atoms with Gasteiger partial charge in [-0.15, -0.1) is 0 Å². The van der Waals surface area contributed by atoms with Gasteiger partial charge in [-0.25, -0.2) is 0 Å². The van der Waals surface area contributed by atoms with E-state index in [-0.39, 0.29) is 12.1 Å². The van der Waals surface area contributed by atoms with Crippen LogP contribution in [0.25, 0.3) is 0 Å². The number of hydrogen-bond acceptors (Lipinski definition) is 5. The van der Waals surface area contributed by atoms with Crippen LogP contribution in [0, 0.1) is 0 Å². The standard InChI is InChI=1S/C11H16N2O3S/c1-13-8-10(16-17(2,14)15)6-11(13)9-4-3-5-12-7-9/h3-5,7,10-11H,6,8H2,1-2H3/t10?,11-/m0/s1. The van der Waals surface area contributed by atoms with Crippen LogP contribution in [0.3, 0.4) is 0 Å². The zero-order chi connectivity index (χ0) is 12.5. The molecule has 94 valence electrons. The SMILES string of the molecule is CN1CC(OS(C)(=O)=O)C[C@H]1c1cccnc1. The van der Waals surface area contributed by atoms with Crippen molar-refractivity contribution in [2.75, 3.05) is 19.8 Å². The molecule has 0 spiro atoms. The topological polar surface area (TPSA) is 59.5 Å². The lowest BCUT2D eigenvalue weighted by atomic mass is 10.1. The van der Waals surface area contributed by atoms with Gasteiger partial charge in [0.2, 0.25) is 0 Å². The Labute approximate surface area is 102 Å². The number of rotatable bonds is 3. The molecule has 0 aromatic carbocycles. The molecule has 2 rings (SSSR count). The van der Waals surface area contributed by atoms with Gasteiger partial charge in [0.25, 0.3) is 10.1 Å². The minimum atomic E-state index is -3.38. The molecule has 1 aromatic heterocycles. The lowest BCUT2D eigenvalue weighted by Gasteiger charge is -2.18. The first-order valence-electron chi connectivity index (χ1n) is 5.44. The summed E-state index contributed by atoms with van der Waals surface area (Å²) in [6, 6.07) is 4.06. The van der Waals surface area contributed by atoms with Crippen LogP contribution >= 0.6 is 0 Å². The summed E-state index contributed by atoms with van der Waals surface area (Å²) in [6.07, 6.45) is 5.03. The Morgan fingerprint density at radius 3 is 2.88 bits per heavy atom. The molecule has 6 heteroatoms. The molecule has 1 aliphatic rings. The van der Waals surface area contributed by atoms with Gasteiger partial charge in [-0.1, -0.05) is 6.07 Å². The van der Waals surface area contributed by atoms with Crippen LogP contribution < -0.4 is 0 Å². The van der Waals surface area contributed by atoms with Crippen LogP contribution in [0.4, 0.5) is 0 Å². The van der Waals surface area contributed by atoms with E-state index in [1.807, 2.05) is 25.4 Å². The van der Waals surface area contributed by atoms with E-state index in [4.69, 9.17) is 4.18 Å². The third-order valence-corrected chi connectivity index (χ3v) is 3.51. The van der Waals surface area contributed by atoms with Crippen LogP contribution in [-0.4, -0.2) is 44.3 Å². The van der Waals surface area contributed by atoms with Crippen LogP contribution in [-0.2, 0) is 14.3 Å². The lowest BCUT2D eigenvalue weighted by molar-refractivity contribution is 0.217. The maximum atomic E-state index is 11.1. The Hall–Kier alpha value is -0.980. The predicted octanol–water partition coefficient (Wildman–Crippen LogP) is 0.803. The maximum absolute atomic E-state index is 11.1. The van der Waals surface area contributed by atoms with Crippen LogP contribution in [0.5, 0.6) is 0 Å². The van der Waals surface area contributed by atoms with Crippen LogP contribution in [0.2, 0.25) is 0 Å². The van der Waals surface area contributed by atoms with Crippen molar-refractivity contribution in [2.24, 2.45) is 0 Å². The summed E-state index contributed by atoms with van der Waals surface area (Å²) >= 11 is 0. The molecule has 0 radical (unpaired) electrons. The zero-order valence-corrected chi connectivity index (χ0v) is 10.7. The number of pyridine rings is 1. The molecule has 0 amide bonds. The second-order valence-electron chi connectivity index (χ2n) is 4.40. The predicted molar refractivity (Wildman–Crippen MR) is 63.9 cm³/mol. The number of hydrogen-bond donors (Lipinski definition) is 0. The molecular formula is C11H16N2O3S. The Bertz CT molecular complexity index is 475. The van der Waals surface area contributed by atoms with Crippen molar-refractivity contribution in [1.82, 2.24) is 9.88 Å². The molecule has 1 saturated heterocycles. The number of aromatic nitrogens is 1. The zero-order valence-electron chi connectivity index (χ0n) is 9.91. The second-order valence-corrected chi connectivity index (χ2v) is 6.00. The average Bonchev–Trinajstić information content (AvgIpc) is 2.58. The third kappa shape index (κ3) is 3.24. The van der Waals surface area contributed by atoms with E-state index >= 15 is 0 Å². The summed E-state index contributed by atoms with van der Waals surface area (Å²) in [7, 11) is -1.42. The minimum Gasteiger partial charge on any atom is -0.297 e. The fraction of sp³-hybridized carbons (Fsp3) is 0.545. The van der Waals surface area contributed by atoms with Gasteiger partial charge in [0.15, 0.2) is 0 Å². The van der Waals surface area contributed by atoms with Crippen molar-refractivity contribution >= 4 is 10.1 Å². The van der Waals surface area contributed by atoms with Gasteiger partial charge in [-0.05, 0) is 25.1 Å². The average molecular weight is 256 g/mol. The number of likely N-dealkylation sites (tertiary alicyclic amines) is 1. The van der Waals surface area contributed by atoms with E-state index in [0.29, 0.717) is 13.0 Å². The smallest absolute Gasteiger partial charge is 0.264 e. The number of likely N-dealkylation sites (N-methyl/N-ethyl adjacent to an activating group) is 1. The first-order chi connectivity index (χ1) is 7.96.